The molecule has 0 aliphatic rings. The molecule has 2 heteroatoms. The first-order valence-corrected chi connectivity index (χ1v) is 8.59. The molecule has 0 saturated carbocycles. The summed E-state index contributed by atoms with van der Waals surface area (Å²) in [6.07, 6.45) is 2.65. The SMILES string of the molecule is C=CC[C@@H](O)[C@H](CC(C)C)N=C(c1ccccc1)c1ccccc1. The van der Waals surface area contributed by atoms with Gasteiger partial charge in [0.05, 0.1) is 17.9 Å². The topological polar surface area (TPSA) is 32.6 Å². The van der Waals surface area contributed by atoms with Crippen LogP contribution in [0.4, 0.5) is 0 Å². The molecule has 0 saturated heterocycles. The van der Waals surface area contributed by atoms with E-state index in [0.717, 1.165) is 23.3 Å². The van der Waals surface area contributed by atoms with E-state index >= 15 is 0 Å². The van der Waals surface area contributed by atoms with Crippen molar-refractivity contribution in [2.24, 2.45) is 10.9 Å². The van der Waals surface area contributed by atoms with Gasteiger partial charge >= 0.3 is 0 Å². The van der Waals surface area contributed by atoms with Crippen molar-refractivity contribution >= 4 is 5.71 Å². The summed E-state index contributed by atoms with van der Waals surface area (Å²) in [6.45, 7) is 8.07. The lowest BCUT2D eigenvalue weighted by Gasteiger charge is -2.22. The Balaban J connectivity index is 2.46. The van der Waals surface area contributed by atoms with Crippen molar-refractivity contribution in [3.8, 4) is 0 Å². The smallest absolute Gasteiger partial charge is 0.0798 e. The van der Waals surface area contributed by atoms with Gasteiger partial charge in [-0.1, -0.05) is 80.6 Å². The average molecular weight is 321 g/mol. The van der Waals surface area contributed by atoms with Crippen LogP contribution in [-0.4, -0.2) is 23.0 Å². The Bertz CT molecular complexity index is 605. The molecule has 2 atom stereocenters. The number of nitrogens with zero attached hydrogens (tertiary/aromatic N) is 1. The Hall–Kier alpha value is -2.19. The van der Waals surface area contributed by atoms with Crippen LogP contribution in [0, 0.1) is 5.92 Å². The van der Waals surface area contributed by atoms with Crippen LogP contribution in [0.1, 0.15) is 37.8 Å². The third kappa shape index (κ3) is 5.17. The first-order chi connectivity index (χ1) is 11.6. The van der Waals surface area contributed by atoms with Crippen molar-refractivity contribution in [2.45, 2.75) is 38.8 Å². The molecule has 24 heavy (non-hydrogen) atoms. The van der Waals surface area contributed by atoms with Gasteiger partial charge in [-0.25, -0.2) is 0 Å². The maximum atomic E-state index is 10.5. The van der Waals surface area contributed by atoms with Crippen molar-refractivity contribution in [1.82, 2.24) is 0 Å². The quantitative estimate of drug-likeness (QED) is 0.546. The summed E-state index contributed by atoms with van der Waals surface area (Å²) in [5, 5.41) is 10.5. The molecule has 0 aromatic heterocycles. The fraction of sp³-hybridized carbons (Fsp3) is 0.318. The van der Waals surface area contributed by atoms with Gasteiger partial charge in [0.1, 0.15) is 0 Å². The standard InChI is InChI=1S/C22H27NO/c1-4-11-21(24)20(16-17(2)3)23-22(18-12-7-5-8-13-18)19-14-9-6-10-15-19/h4-10,12-15,17,20-21,24H,1,11,16H2,2-3H3/t20-,21+/m0/s1. The number of aliphatic hydroxyl groups is 1. The average Bonchev–Trinajstić information content (AvgIpc) is 2.60. The Morgan fingerprint density at radius 2 is 1.50 bits per heavy atom. The van der Waals surface area contributed by atoms with Crippen molar-refractivity contribution in [1.29, 1.82) is 0 Å². The molecule has 0 heterocycles. The minimum absolute atomic E-state index is 0.140. The van der Waals surface area contributed by atoms with Gasteiger partial charge in [-0.05, 0) is 18.8 Å². The number of rotatable bonds is 8. The molecule has 2 rings (SSSR count). The molecule has 1 N–H and O–H groups in total. The van der Waals surface area contributed by atoms with E-state index in [1.165, 1.54) is 0 Å². The van der Waals surface area contributed by atoms with Gasteiger partial charge in [-0.15, -0.1) is 6.58 Å². The zero-order valence-corrected chi connectivity index (χ0v) is 14.6. The van der Waals surface area contributed by atoms with Crippen LogP contribution in [0.3, 0.4) is 0 Å². The third-order valence-electron chi connectivity index (χ3n) is 3.95. The molecule has 126 valence electrons. The number of benzene rings is 2. The van der Waals surface area contributed by atoms with E-state index in [9.17, 15) is 5.11 Å². The first-order valence-electron chi connectivity index (χ1n) is 8.59. The Labute approximate surface area is 145 Å². The fourth-order valence-electron chi connectivity index (χ4n) is 2.78. The summed E-state index contributed by atoms with van der Waals surface area (Å²) in [5.41, 5.74) is 3.08. The number of hydrogen-bond donors (Lipinski definition) is 1. The zero-order valence-electron chi connectivity index (χ0n) is 14.6. The van der Waals surface area contributed by atoms with Crippen LogP contribution in [0.25, 0.3) is 0 Å². The molecule has 0 unspecified atom stereocenters. The van der Waals surface area contributed by atoms with E-state index in [1.807, 2.05) is 36.4 Å². The minimum atomic E-state index is -0.507. The van der Waals surface area contributed by atoms with Crippen molar-refractivity contribution in [3.63, 3.8) is 0 Å². The van der Waals surface area contributed by atoms with Gasteiger partial charge in [0.2, 0.25) is 0 Å². The van der Waals surface area contributed by atoms with Gasteiger partial charge in [0.25, 0.3) is 0 Å². The van der Waals surface area contributed by atoms with Gasteiger partial charge in [-0.2, -0.15) is 0 Å². The summed E-state index contributed by atoms with van der Waals surface area (Å²) in [7, 11) is 0. The van der Waals surface area contributed by atoms with Crippen molar-refractivity contribution in [2.75, 3.05) is 0 Å². The number of hydrogen-bond acceptors (Lipinski definition) is 2. The first kappa shape index (κ1) is 18.2. The summed E-state index contributed by atoms with van der Waals surface area (Å²) < 4.78 is 0. The predicted octanol–water partition coefficient (Wildman–Crippen LogP) is 4.88. The second-order valence-corrected chi connectivity index (χ2v) is 6.50. The minimum Gasteiger partial charge on any atom is -0.391 e. The van der Waals surface area contributed by atoms with Crippen LogP contribution in [0.2, 0.25) is 0 Å². The molecular weight excluding hydrogens is 294 g/mol. The summed E-state index contributed by atoms with van der Waals surface area (Å²) in [4.78, 5) is 4.99. The van der Waals surface area contributed by atoms with Crippen LogP contribution < -0.4 is 0 Å². The second-order valence-electron chi connectivity index (χ2n) is 6.50. The highest BCUT2D eigenvalue weighted by Gasteiger charge is 2.20. The van der Waals surface area contributed by atoms with E-state index in [4.69, 9.17) is 4.99 Å². The molecular formula is C22H27NO. The summed E-state index contributed by atoms with van der Waals surface area (Å²) >= 11 is 0. The molecule has 2 nitrogen and oxygen atoms in total. The van der Waals surface area contributed by atoms with Crippen LogP contribution >= 0.6 is 0 Å². The molecule has 0 spiro atoms. The van der Waals surface area contributed by atoms with Gasteiger partial charge in [-0.3, -0.25) is 4.99 Å². The lowest BCUT2D eigenvalue weighted by atomic mass is 9.96. The van der Waals surface area contributed by atoms with Crippen molar-refractivity contribution < 1.29 is 5.11 Å². The van der Waals surface area contributed by atoms with E-state index in [1.54, 1.807) is 6.08 Å². The maximum Gasteiger partial charge on any atom is 0.0798 e. The Morgan fingerprint density at radius 3 is 1.92 bits per heavy atom. The highest BCUT2D eigenvalue weighted by molar-refractivity contribution is 6.12. The van der Waals surface area contributed by atoms with Gasteiger partial charge in [0, 0.05) is 11.1 Å². The third-order valence-corrected chi connectivity index (χ3v) is 3.95. The van der Waals surface area contributed by atoms with Crippen LogP contribution in [0.15, 0.2) is 78.3 Å². The van der Waals surface area contributed by atoms with Crippen molar-refractivity contribution in [3.05, 3.63) is 84.4 Å². The van der Waals surface area contributed by atoms with Gasteiger partial charge in [0.15, 0.2) is 0 Å². The zero-order chi connectivity index (χ0) is 17.4. The highest BCUT2D eigenvalue weighted by Crippen LogP contribution is 2.19. The molecule has 0 bridgehead atoms. The molecule has 2 aromatic rings. The number of aliphatic imine (C=N–C) groups is 1. The Kier molecular flexibility index (Phi) is 6.95. The summed E-state index contributed by atoms with van der Waals surface area (Å²) in [6, 6.07) is 20.2. The molecule has 0 fully saturated rings. The molecule has 0 aliphatic carbocycles. The lowest BCUT2D eigenvalue weighted by molar-refractivity contribution is 0.138. The molecule has 0 amide bonds. The van der Waals surface area contributed by atoms with Gasteiger partial charge < -0.3 is 5.11 Å². The number of aliphatic hydroxyl groups excluding tert-OH is 1. The van der Waals surface area contributed by atoms with E-state index < -0.39 is 6.10 Å². The molecule has 0 aliphatic heterocycles. The predicted molar refractivity (Wildman–Crippen MR) is 103 cm³/mol. The molecule has 2 aromatic carbocycles. The van der Waals surface area contributed by atoms with E-state index in [2.05, 4.69) is 44.7 Å². The monoisotopic (exact) mass is 321 g/mol. The van der Waals surface area contributed by atoms with E-state index in [-0.39, 0.29) is 6.04 Å². The highest BCUT2D eigenvalue weighted by atomic mass is 16.3. The van der Waals surface area contributed by atoms with Crippen LogP contribution in [0.5, 0.6) is 0 Å². The van der Waals surface area contributed by atoms with E-state index in [0.29, 0.717) is 12.3 Å². The fourth-order valence-corrected chi connectivity index (χ4v) is 2.78. The maximum absolute atomic E-state index is 10.5. The lowest BCUT2D eigenvalue weighted by Crippen LogP contribution is -2.27. The van der Waals surface area contributed by atoms with Crippen LogP contribution in [-0.2, 0) is 0 Å². The molecule has 0 radical (unpaired) electrons. The Morgan fingerprint density at radius 1 is 1.00 bits per heavy atom. The second kappa shape index (κ2) is 9.19. The summed E-state index contributed by atoms with van der Waals surface area (Å²) in [5.74, 6) is 0.464. The normalized spacial score (nSPS) is 13.3. The largest absolute Gasteiger partial charge is 0.391 e.